The zero-order valence-electron chi connectivity index (χ0n) is 18.2. The van der Waals surface area contributed by atoms with Crippen molar-refractivity contribution >= 4 is 22.0 Å². The summed E-state index contributed by atoms with van der Waals surface area (Å²) in [5.74, 6) is 0. The Morgan fingerprint density at radius 3 is 1.64 bits per heavy atom. The minimum absolute atomic E-state index is 0.348. The maximum absolute atomic E-state index is 14.6. The maximum atomic E-state index is 14.6. The largest absolute Gasteiger partial charge is 0.409 e. The van der Waals surface area contributed by atoms with Crippen LogP contribution in [0.1, 0.15) is 29.5 Å². The summed E-state index contributed by atoms with van der Waals surface area (Å²) in [6, 6.07) is 22.9. The molecule has 6 heteroatoms. The van der Waals surface area contributed by atoms with Crippen LogP contribution in [0.15, 0.2) is 102 Å². The van der Waals surface area contributed by atoms with Crippen LogP contribution in [-0.4, -0.2) is 19.3 Å². The van der Waals surface area contributed by atoms with Gasteiger partial charge in [-0.15, -0.1) is 0 Å². The van der Waals surface area contributed by atoms with Crippen molar-refractivity contribution in [2.45, 2.75) is 35.6 Å². The molecule has 0 bridgehead atoms. The number of hydrogen-bond donors (Lipinski definition) is 0. The third-order valence-corrected chi connectivity index (χ3v) is 7.96. The molecule has 3 aromatic carbocycles. The first-order valence-corrected chi connectivity index (χ1v) is 12.0. The molecule has 0 aliphatic rings. The van der Waals surface area contributed by atoms with E-state index in [4.69, 9.17) is 0 Å². The summed E-state index contributed by atoms with van der Waals surface area (Å²) < 4.78 is 67.7. The summed E-state index contributed by atoms with van der Waals surface area (Å²) in [6.07, 6.45) is -0.772. The Hall–Kier alpha value is -3.12. The normalized spacial score (nSPS) is 14.5. The zero-order chi connectivity index (χ0) is 24.0. The fourth-order valence-corrected chi connectivity index (χ4v) is 5.43. The van der Waals surface area contributed by atoms with E-state index < -0.39 is 33.6 Å². The van der Waals surface area contributed by atoms with Gasteiger partial charge in [0.05, 0.1) is 4.90 Å². The van der Waals surface area contributed by atoms with Crippen molar-refractivity contribution in [1.29, 1.82) is 0 Å². The van der Waals surface area contributed by atoms with Gasteiger partial charge < -0.3 is 0 Å². The van der Waals surface area contributed by atoms with Crippen molar-refractivity contribution in [2.24, 2.45) is 0 Å². The van der Waals surface area contributed by atoms with Crippen molar-refractivity contribution in [3.63, 3.8) is 0 Å². The third-order valence-electron chi connectivity index (χ3n) is 5.48. The van der Waals surface area contributed by atoms with Gasteiger partial charge in [-0.2, -0.15) is 13.2 Å². The summed E-state index contributed by atoms with van der Waals surface area (Å²) in [6.45, 7) is 1.91. The Morgan fingerprint density at radius 2 is 1.15 bits per heavy atom. The molecular weight excluding hydrogens is 445 g/mol. The van der Waals surface area contributed by atoms with Crippen LogP contribution in [0.3, 0.4) is 0 Å². The van der Waals surface area contributed by atoms with Crippen LogP contribution in [0.5, 0.6) is 0 Å². The van der Waals surface area contributed by atoms with Gasteiger partial charge in [0.2, 0.25) is 0 Å². The molecule has 2 nitrogen and oxygen atoms in total. The number of benzene rings is 3. The lowest BCUT2D eigenvalue weighted by Crippen LogP contribution is -2.51. The molecule has 0 spiro atoms. The van der Waals surface area contributed by atoms with E-state index in [0.29, 0.717) is 11.1 Å². The molecule has 172 valence electrons. The van der Waals surface area contributed by atoms with Crippen molar-refractivity contribution in [1.82, 2.24) is 0 Å². The summed E-state index contributed by atoms with van der Waals surface area (Å²) >= 11 is 0. The van der Waals surface area contributed by atoms with Crippen LogP contribution in [0.4, 0.5) is 13.2 Å². The average Bonchev–Trinajstić information content (AvgIpc) is 2.79. The molecule has 0 aromatic heterocycles. The van der Waals surface area contributed by atoms with Crippen LogP contribution in [-0.2, 0) is 9.84 Å². The molecule has 1 atom stereocenters. The van der Waals surface area contributed by atoms with Crippen LogP contribution < -0.4 is 0 Å². The fourth-order valence-electron chi connectivity index (χ4n) is 3.52. The highest BCUT2D eigenvalue weighted by Crippen LogP contribution is 2.46. The lowest BCUT2D eigenvalue weighted by Gasteiger charge is -2.33. The number of allylic oxidation sites excluding steroid dienone is 2. The first kappa shape index (κ1) is 24.5. The number of rotatable bonds is 8. The lowest BCUT2D eigenvalue weighted by molar-refractivity contribution is -0.160. The van der Waals surface area contributed by atoms with E-state index in [-0.39, 0.29) is 4.90 Å². The Balaban J connectivity index is 2.05. The molecule has 1 unspecified atom stereocenters. The molecule has 0 aliphatic carbocycles. The van der Waals surface area contributed by atoms with Gasteiger partial charge in [-0.05, 0) is 43.0 Å². The van der Waals surface area contributed by atoms with Gasteiger partial charge >= 0.3 is 6.18 Å². The molecule has 0 fully saturated rings. The van der Waals surface area contributed by atoms with E-state index in [2.05, 4.69) is 0 Å². The predicted molar refractivity (Wildman–Crippen MR) is 127 cm³/mol. The van der Waals surface area contributed by atoms with Gasteiger partial charge in [-0.25, -0.2) is 8.42 Å². The second-order valence-corrected chi connectivity index (χ2v) is 10.1. The van der Waals surface area contributed by atoms with Gasteiger partial charge in [0, 0.05) is 0 Å². The molecule has 0 amide bonds. The Bertz CT molecular complexity index is 1200. The minimum Gasteiger partial charge on any atom is -0.223 e. The first-order chi connectivity index (χ1) is 15.7. The van der Waals surface area contributed by atoms with E-state index >= 15 is 0 Å². The van der Waals surface area contributed by atoms with Crippen LogP contribution in [0.25, 0.3) is 12.2 Å². The summed E-state index contributed by atoms with van der Waals surface area (Å²) in [5.41, 5.74) is 2.42. The van der Waals surface area contributed by atoms with Crippen LogP contribution in [0, 0.1) is 6.92 Å². The van der Waals surface area contributed by atoms with Crippen LogP contribution in [0.2, 0.25) is 0 Å². The summed E-state index contributed by atoms with van der Waals surface area (Å²) in [5, 5.41) is 0. The topological polar surface area (TPSA) is 34.1 Å². The smallest absolute Gasteiger partial charge is 0.223 e. The van der Waals surface area contributed by atoms with Gasteiger partial charge in [0.15, 0.2) is 14.6 Å². The number of alkyl halides is 3. The monoisotopic (exact) mass is 470 g/mol. The molecule has 0 saturated carbocycles. The molecule has 0 aliphatic heterocycles. The Morgan fingerprint density at radius 1 is 0.697 bits per heavy atom. The Labute approximate surface area is 193 Å². The predicted octanol–water partition coefficient (Wildman–Crippen LogP) is 7.28. The lowest BCUT2D eigenvalue weighted by atomic mass is 9.97. The highest BCUT2D eigenvalue weighted by Gasteiger charge is 2.62. The van der Waals surface area contributed by atoms with Crippen molar-refractivity contribution < 1.29 is 21.6 Å². The average molecular weight is 471 g/mol. The molecule has 0 N–H and O–H groups in total. The molecule has 0 radical (unpaired) electrons. The number of sulfone groups is 1. The molecular formula is C27H25F3O2S. The van der Waals surface area contributed by atoms with Crippen molar-refractivity contribution in [3.05, 3.63) is 114 Å². The molecule has 3 rings (SSSR count). The second kappa shape index (κ2) is 10.2. The fraction of sp³-hybridized carbons (Fsp3) is 0.185. The van der Waals surface area contributed by atoms with E-state index in [0.717, 1.165) is 5.56 Å². The summed E-state index contributed by atoms with van der Waals surface area (Å²) in [4.78, 5) is -0.348. The minimum atomic E-state index is -5.00. The van der Waals surface area contributed by atoms with Gasteiger partial charge in [0.1, 0.15) is 0 Å². The van der Waals surface area contributed by atoms with Gasteiger partial charge in [0.25, 0.3) is 0 Å². The van der Waals surface area contributed by atoms with E-state index in [9.17, 15) is 21.6 Å². The van der Waals surface area contributed by atoms with Gasteiger partial charge in [-0.3, -0.25) is 0 Å². The number of hydrogen-bond acceptors (Lipinski definition) is 2. The number of aryl methyl sites for hydroxylation is 1. The molecule has 0 heterocycles. The molecule has 33 heavy (non-hydrogen) atoms. The van der Waals surface area contributed by atoms with Crippen molar-refractivity contribution in [2.75, 3.05) is 0 Å². The third kappa shape index (κ3) is 5.63. The second-order valence-electron chi connectivity index (χ2n) is 7.84. The van der Waals surface area contributed by atoms with Crippen LogP contribution >= 0.6 is 0 Å². The van der Waals surface area contributed by atoms with Crippen molar-refractivity contribution in [3.8, 4) is 0 Å². The number of halogens is 3. The molecule has 0 saturated heterocycles. The van der Waals surface area contributed by atoms with E-state index in [1.807, 2.05) is 19.1 Å². The van der Waals surface area contributed by atoms with E-state index in [1.54, 1.807) is 48.5 Å². The summed E-state index contributed by atoms with van der Waals surface area (Å²) in [7, 11) is -4.76. The molecule has 3 aromatic rings. The van der Waals surface area contributed by atoms with Gasteiger partial charge in [-0.1, -0.05) is 103 Å². The standard InChI is InChI=1S/C27H25F3O2S/c1-22-16-18-24(19-17-22)13-9-21-26(27(28,29)30,20-8-12-23-10-4-2-5-11-23)33(31,32)25-14-6-3-7-15-25/h2-19H,20-21H2,1H3/b12-8+,13-9+. The van der Waals surface area contributed by atoms with E-state index in [1.165, 1.54) is 48.6 Å². The highest BCUT2D eigenvalue weighted by atomic mass is 32.2. The zero-order valence-corrected chi connectivity index (χ0v) is 19.0. The highest BCUT2D eigenvalue weighted by molar-refractivity contribution is 7.93. The SMILES string of the molecule is Cc1ccc(/C=C/CC(C/C=C/c2ccccc2)(C(F)(F)F)S(=O)(=O)c2ccccc2)cc1. The Kier molecular flexibility index (Phi) is 7.59. The first-order valence-electron chi connectivity index (χ1n) is 10.5. The maximum Gasteiger partial charge on any atom is 0.409 e. The quantitative estimate of drug-likeness (QED) is 0.347.